The smallest absolute Gasteiger partial charge is 0.0476 e. The lowest BCUT2D eigenvalue weighted by atomic mass is 9.89. The number of hydrogen-bond donors (Lipinski definition) is 1. The van der Waals surface area contributed by atoms with Gasteiger partial charge >= 0.3 is 0 Å². The summed E-state index contributed by atoms with van der Waals surface area (Å²) in [5.74, 6) is 0. The molecule has 1 aliphatic carbocycles. The topological polar surface area (TPSA) is 26.0 Å². The molecule has 0 aliphatic heterocycles. The number of nitrogens with two attached hydrogens (primary N) is 1. The first-order valence-electron chi connectivity index (χ1n) is 8.97. The van der Waals surface area contributed by atoms with Crippen molar-refractivity contribution in [2.45, 2.75) is 6.42 Å². The van der Waals surface area contributed by atoms with Crippen LogP contribution in [0.2, 0.25) is 0 Å². The SMILES string of the molecule is Nc1c(-c2ccccc2)cc2c(c1-c1ccccc1)Cc1ccccc1-2. The third kappa shape index (κ3) is 2.25. The third-order valence-corrected chi connectivity index (χ3v) is 5.30. The second-order valence-corrected chi connectivity index (χ2v) is 6.80. The molecule has 0 spiro atoms. The maximum atomic E-state index is 6.76. The summed E-state index contributed by atoms with van der Waals surface area (Å²) in [5.41, 5.74) is 17.6. The van der Waals surface area contributed by atoms with Gasteiger partial charge in [0.1, 0.15) is 0 Å². The van der Waals surface area contributed by atoms with E-state index in [9.17, 15) is 0 Å². The monoisotopic (exact) mass is 333 g/mol. The van der Waals surface area contributed by atoms with Crippen molar-refractivity contribution in [1.82, 2.24) is 0 Å². The van der Waals surface area contributed by atoms with Crippen molar-refractivity contribution in [2.75, 3.05) is 5.73 Å². The standard InChI is InChI=1S/C25H19N/c26-25-21(17-9-3-1-4-10-17)16-22-20-14-8-7-13-19(20)15-23(22)24(25)18-11-5-2-6-12-18/h1-14,16H,15,26H2. The molecule has 0 radical (unpaired) electrons. The lowest BCUT2D eigenvalue weighted by Crippen LogP contribution is -1.99. The van der Waals surface area contributed by atoms with Gasteiger partial charge in [0.05, 0.1) is 0 Å². The van der Waals surface area contributed by atoms with E-state index in [1.54, 1.807) is 0 Å². The number of fused-ring (bicyclic) bond motifs is 3. The van der Waals surface area contributed by atoms with Crippen LogP contribution in [-0.4, -0.2) is 0 Å². The van der Waals surface area contributed by atoms with Crippen LogP contribution in [0.15, 0.2) is 91.0 Å². The van der Waals surface area contributed by atoms with Crippen LogP contribution in [0.1, 0.15) is 11.1 Å². The molecule has 2 N–H and O–H groups in total. The van der Waals surface area contributed by atoms with E-state index in [1.807, 2.05) is 6.07 Å². The molecule has 0 unspecified atom stereocenters. The fourth-order valence-corrected chi connectivity index (χ4v) is 4.08. The van der Waals surface area contributed by atoms with E-state index in [2.05, 4.69) is 84.9 Å². The van der Waals surface area contributed by atoms with Crippen molar-refractivity contribution < 1.29 is 0 Å². The molecule has 0 aromatic heterocycles. The molecule has 0 fully saturated rings. The van der Waals surface area contributed by atoms with Gasteiger partial charge in [0.2, 0.25) is 0 Å². The van der Waals surface area contributed by atoms with E-state index in [0.29, 0.717) is 0 Å². The summed E-state index contributed by atoms with van der Waals surface area (Å²) in [5, 5.41) is 0. The van der Waals surface area contributed by atoms with Crippen LogP contribution < -0.4 is 5.73 Å². The van der Waals surface area contributed by atoms with Crippen LogP contribution in [0, 0.1) is 0 Å². The summed E-state index contributed by atoms with van der Waals surface area (Å²) in [6.07, 6.45) is 0.939. The first-order chi connectivity index (χ1) is 12.8. The molecule has 0 bridgehead atoms. The minimum absolute atomic E-state index is 0.869. The van der Waals surface area contributed by atoms with Gasteiger partial charge in [-0.25, -0.2) is 0 Å². The molecule has 0 saturated carbocycles. The van der Waals surface area contributed by atoms with Gasteiger partial charge in [0.15, 0.2) is 0 Å². The minimum atomic E-state index is 0.869. The van der Waals surface area contributed by atoms with E-state index in [-0.39, 0.29) is 0 Å². The predicted molar refractivity (Wildman–Crippen MR) is 110 cm³/mol. The van der Waals surface area contributed by atoms with Crippen molar-refractivity contribution in [3.05, 3.63) is 102 Å². The predicted octanol–water partition coefficient (Wildman–Crippen LogP) is 6.17. The zero-order chi connectivity index (χ0) is 17.5. The summed E-state index contributed by atoms with van der Waals surface area (Å²) in [6, 6.07) is 31.9. The van der Waals surface area contributed by atoms with E-state index in [4.69, 9.17) is 5.73 Å². The zero-order valence-electron chi connectivity index (χ0n) is 14.4. The molecule has 4 aromatic carbocycles. The van der Waals surface area contributed by atoms with E-state index in [1.165, 1.54) is 33.4 Å². The van der Waals surface area contributed by atoms with Gasteiger partial charge in [-0.1, -0.05) is 84.9 Å². The lowest BCUT2D eigenvalue weighted by molar-refractivity contribution is 1.26. The summed E-state index contributed by atoms with van der Waals surface area (Å²) in [7, 11) is 0. The van der Waals surface area contributed by atoms with Gasteiger partial charge in [-0.3, -0.25) is 0 Å². The van der Waals surface area contributed by atoms with Crippen LogP contribution in [0.25, 0.3) is 33.4 Å². The van der Waals surface area contributed by atoms with Crippen LogP contribution >= 0.6 is 0 Å². The minimum Gasteiger partial charge on any atom is -0.398 e. The molecule has 124 valence electrons. The summed E-state index contributed by atoms with van der Waals surface area (Å²) in [6.45, 7) is 0. The number of nitrogen functional groups attached to an aromatic ring is 1. The fourth-order valence-electron chi connectivity index (χ4n) is 4.08. The highest BCUT2D eigenvalue weighted by Gasteiger charge is 2.25. The fraction of sp³-hybridized carbons (Fsp3) is 0.0400. The Morgan fingerprint density at radius 3 is 1.92 bits per heavy atom. The van der Waals surface area contributed by atoms with Gasteiger partial charge in [-0.05, 0) is 45.9 Å². The molecule has 0 amide bonds. The van der Waals surface area contributed by atoms with Gasteiger partial charge < -0.3 is 5.73 Å². The highest BCUT2D eigenvalue weighted by molar-refractivity contribution is 5.98. The largest absolute Gasteiger partial charge is 0.398 e. The maximum Gasteiger partial charge on any atom is 0.0476 e. The molecular formula is C25H19N. The Morgan fingerprint density at radius 1 is 0.577 bits per heavy atom. The van der Waals surface area contributed by atoms with Crippen LogP contribution in [-0.2, 0) is 6.42 Å². The van der Waals surface area contributed by atoms with Crippen molar-refractivity contribution in [3.63, 3.8) is 0 Å². The average Bonchev–Trinajstić information content (AvgIpc) is 3.07. The molecule has 26 heavy (non-hydrogen) atoms. The van der Waals surface area contributed by atoms with Crippen LogP contribution in [0.5, 0.6) is 0 Å². The Balaban J connectivity index is 1.85. The second kappa shape index (κ2) is 5.89. The molecule has 1 heteroatoms. The summed E-state index contributed by atoms with van der Waals surface area (Å²) in [4.78, 5) is 0. The Labute approximate surface area is 153 Å². The molecule has 1 nitrogen and oxygen atoms in total. The van der Waals surface area contributed by atoms with Gasteiger partial charge in [0, 0.05) is 16.8 Å². The van der Waals surface area contributed by atoms with Gasteiger partial charge in [0.25, 0.3) is 0 Å². The Morgan fingerprint density at radius 2 is 1.19 bits per heavy atom. The highest BCUT2D eigenvalue weighted by Crippen LogP contribution is 2.47. The quantitative estimate of drug-likeness (QED) is 0.384. The van der Waals surface area contributed by atoms with Crippen molar-refractivity contribution in [2.24, 2.45) is 0 Å². The Hall–Kier alpha value is -3.32. The molecule has 1 aliphatic rings. The summed E-state index contributed by atoms with van der Waals surface area (Å²) < 4.78 is 0. The van der Waals surface area contributed by atoms with Gasteiger partial charge in [-0.2, -0.15) is 0 Å². The Kier molecular flexibility index (Phi) is 3.39. The van der Waals surface area contributed by atoms with Crippen molar-refractivity contribution in [1.29, 1.82) is 0 Å². The van der Waals surface area contributed by atoms with Crippen molar-refractivity contribution in [3.8, 4) is 33.4 Å². The second-order valence-electron chi connectivity index (χ2n) is 6.80. The van der Waals surface area contributed by atoms with Crippen molar-refractivity contribution >= 4 is 5.69 Å². The normalized spacial score (nSPS) is 11.8. The lowest BCUT2D eigenvalue weighted by Gasteiger charge is -2.17. The number of benzene rings is 4. The van der Waals surface area contributed by atoms with E-state index < -0.39 is 0 Å². The molecule has 0 saturated heterocycles. The molecule has 0 atom stereocenters. The number of rotatable bonds is 2. The first kappa shape index (κ1) is 15.0. The van der Waals surface area contributed by atoms with Crippen LogP contribution in [0.3, 0.4) is 0 Å². The molecule has 0 heterocycles. The Bertz CT molecular complexity index is 1100. The molecule has 5 rings (SSSR count). The zero-order valence-corrected chi connectivity index (χ0v) is 14.4. The molecular weight excluding hydrogens is 314 g/mol. The first-order valence-corrected chi connectivity index (χ1v) is 8.97. The number of anilines is 1. The maximum absolute atomic E-state index is 6.76. The molecule has 4 aromatic rings. The number of hydrogen-bond acceptors (Lipinski definition) is 1. The summed E-state index contributed by atoms with van der Waals surface area (Å²) >= 11 is 0. The third-order valence-electron chi connectivity index (χ3n) is 5.30. The highest BCUT2D eigenvalue weighted by atomic mass is 14.6. The van der Waals surface area contributed by atoms with E-state index in [0.717, 1.165) is 23.2 Å². The van der Waals surface area contributed by atoms with Gasteiger partial charge in [-0.15, -0.1) is 0 Å². The van der Waals surface area contributed by atoms with Crippen LogP contribution in [0.4, 0.5) is 5.69 Å². The average molecular weight is 333 g/mol. The van der Waals surface area contributed by atoms with E-state index >= 15 is 0 Å².